The molecule has 0 aliphatic heterocycles. The van der Waals surface area contributed by atoms with Gasteiger partial charge in [-0.3, -0.25) is 0 Å². The molecule has 0 aliphatic carbocycles. The fraction of sp³-hybridized carbons (Fsp3) is 0.304. The fourth-order valence-corrected chi connectivity index (χ4v) is 2.65. The molecule has 0 saturated carbocycles. The van der Waals surface area contributed by atoms with Crippen molar-refractivity contribution in [2.45, 2.75) is 33.7 Å². The third-order valence-electron chi connectivity index (χ3n) is 4.00. The van der Waals surface area contributed by atoms with E-state index in [2.05, 4.69) is 45.7 Å². The summed E-state index contributed by atoms with van der Waals surface area (Å²) >= 11 is 0. The summed E-state index contributed by atoms with van der Waals surface area (Å²) in [6, 6.07) is 6.77. The summed E-state index contributed by atoms with van der Waals surface area (Å²) in [6.45, 7) is 19.8. The second-order valence-electron chi connectivity index (χ2n) is 6.12. The topological polar surface area (TPSA) is 19.0 Å². The molecule has 4 heteroatoms. The zero-order chi connectivity index (χ0) is 19.9. The summed E-state index contributed by atoms with van der Waals surface area (Å²) in [5.74, 6) is 0.0148. The maximum absolute atomic E-state index is 13.5. The Morgan fingerprint density at radius 1 is 1.22 bits per heavy atom. The van der Waals surface area contributed by atoms with Crippen molar-refractivity contribution in [3.8, 4) is 0 Å². The summed E-state index contributed by atoms with van der Waals surface area (Å²) in [6.07, 6.45) is 6.31. The molecule has 27 heavy (non-hydrogen) atoms. The van der Waals surface area contributed by atoms with Crippen molar-refractivity contribution in [1.29, 1.82) is 0 Å². The predicted octanol–water partition coefficient (Wildman–Crippen LogP) is 7.03. The van der Waals surface area contributed by atoms with Gasteiger partial charge >= 0.3 is 21.1 Å². The maximum atomic E-state index is 13.5. The largest absolute Gasteiger partial charge is 2.00 e. The van der Waals surface area contributed by atoms with Crippen molar-refractivity contribution >= 4 is 10.9 Å². The first-order valence-corrected chi connectivity index (χ1v) is 8.89. The maximum Gasteiger partial charge on any atom is 2.00 e. The van der Waals surface area contributed by atoms with Gasteiger partial charge in [0.1, 0.15) is 5.82 Å². The van der Waals surface area contributed by atoms with Crippen LogP contribution in [0.15, 0.2) is 67.4 Å². The standard InChI is InChI=1S/C21H23FN2.C2H6.W/c1-7-8-9-15(4)16(5)23-21(14(2)3)20-12-17-10-11-18(22)13-19(17)24(20)6;1-2;/h7-8,10-14,21H,1,4-5H2,2-3,6H3;1-2H3;/q-2;;+2. The van der Waals surface area contributed by atoms with Crippen LogP contribution in [0.25, 0.3) is 16.2 Å². The van der Waals surface area contributed by atoms with Crippen molar-refractivity contribution in [1.82, 2.24) is 4.57 Å². The molecule has 1 heterocycles. The van der Waals surface area contributed by atoms with E-state index in [1.54, 1.807) is 24.3 Å². The molecule has 1 aromatic heterocycles. The van der Waals surface area contributed by atoms with E-state index in [1.165, 1.54) is 6.07 Å². The molecule has 0 saturated heterocycles. The van der Waals surface area contributed by atoms with Crippen LogP contribution in [0.1, 0.15) is 39.4 Å². The molecule has 2 nitrogen and oxygen atoms in total. The van der Waals surface area contributed by atoms with Gasteiger partial charge in [0, 0.05) is 18.1 Å². The van der Waals surface area contributed by atoms with Crippen molar-refractivity contribution in [2.75, 3.05) is 0 Å². The van der Waals surface area contributed by atoms with E-state index in [0.717, 1.165) is 16.6 Å². The second kappa shape index (κ2) is 11.8. The van der Waals surface area contributed by atoms with Crippen LogP contribution in [-0.2, 0) is 28.1 Å². The second-order valence-corrected chi connectivity index (χ2v) is 6.12. The van der Waals surface area contributed by atoms with Crippen LogP contribution in [0.3, 0.4) is 0 Å². The normalized spacial score (nSPS) is 11.5. The average Bonchev–Trinajstić information content (AvgIpc) is 2.94. The minimum atomic E-state index is -0.241. The number of aryl methyl sites for hydroxylation is 1. The minimum absolute atomic E-state index is 0. The number of hydrogen-bond acceptors (Lipinski definition) is 0. The van der Waals surface area contributed by atoms with Gasteiger partial charge in [0.2, 0.25) is 0 Å². The molecule has 0 amide bonds. The molecule has 1 aromatic carbocycles. The third kappa shape index (κ3) is 6.36. The summed E-state index contributed by atoms with van der Waals surface area (Å²) in [5.41, 5.74) is 3.09. The molecular formula is C23H29FN2W. The number of nitrogens with zero attached hydrogens (tertiary/aromatic N) is 2. The number of allylic oxidation sites excluding steroid dienone is 3. The summed E-state index contributed by atoms with van der Waals surface area (Å²) in [4.78, 5) is 0. The van der Waals surface area contributed by atoms with Crippen molar-refractivity contribution < 1.29 is 25.5 Å². The first-order valence-electron chi connectivity index (χ1n) is 8.89. The Labute approximate surface area is 177 Å². The third-order valence-corrected chi connectivity index (χ3v) is 4.00. The molecule has 0 N–H and O–H groups in total. The Bertz CT molecular complexity index is 815. The first kappa shape index (κ1) is 25.1. The van der Waals surface area contributed by atoms with Gasteiger partial charge < -0.3 is 9.88 Å². The van der Waals surface area contributed by atoms with Crippen molar-refractivity contribution in [2.24, 2.45) is 13.0 Å². The molecule has 2 aromatic rings. The molecular weight excluding hydrogens is 507 g/mol. The molecule has 0 fully saturated rings. The molecule has 2 rings (SSSR count). The molecule has 1 atom stereocenters. The minimum Gasteiger partial charge on any atom is -0.721 e. The van der Waals surface area contributed by atoms with E-state index >= 15 is 0 Å². The van der Waals surface area contributed by atoms with Crippen LogP contribution in [-0.4, -0.2) is 4.57 Å². The van der Waals surface area contributed by atoms with Crippen molar-refractivity contribution in [3.05, 3.63) is 90.3 Å². The smallest absolute Gasteiger partial charge is 0.721 e. The van der Waals surface area contributed by atoms with E-state index in [0.29, 0.717) is 11.3 Å². The molecule has 0 spiro atoms. The molecule has 0 aliphatic rings. The Morgan fingerprint density at radius 2 is 1.85 bits per heavy atom. The van der Waals surface area contributed by atoms with Crippen LogP contribution in [0.4, 0.5) is 4.39 Å². The number of rotatable bonds is 7. The number of halogens is 1. The molecule has 1 unspecified atom stereocenters. The number of fused-ring (bicyclic) bond motifs is 1. The zero-order valence-corrected chi connectivity index (χ0v) is 19.9. The predicted molar refractivity (Wildman–Crippen MR) is 111 cm³/mol. The monoisotopic (exact) mass is 536 g/mol. The summed E-state index contributed by atoms with van der Waals surface area (Å²) in [7, 11) is 1.93. The van der Waals surface area contributed by atoms with Gasteiger partial charge in [0.05, 0.1) is 5.52 Å². The molecule has 144 valence electrons. The SMILES string of the molecule is C=CC=[C-]C(=C)C(=C)[N-]C(c1cc2ccc(F)cc2n1C)C(C)C.CC.[W+2]. The van der Waals surface area contributed by atoms with Crippen LogP contribution < -0.4 is 0 Å². The Hall–Kier alpha value is -1.86. The average molecular weight is 536 g/mol. The van der Waals surface area contributed by atoms with Gasteiger partial charge in [-0.15, -0.1) is 24.8 Å². The molecule has 0 radical (unpaired) electrons. The van der Waals surface area contributed by atoms with E-state index in [9.17, 15) is 4.39 Å². The summed E-state index contributed by atoms with van der Waals surface area (Å²) in [5, 5.41) is 5.75. The van der Waals surface area contributed by atoms with Gasteiger partial charge in [-0.1, -0.05) is 39.7 Å². The van der Waals surface area contributed by atoms with Crippen LogP contribution in [0, 0.1) is 17.8 Å². The van der Waals surface area contributed by atoms with E-state index in [4.69, 9.17) is 5.32 Å². The Balaban J connectivity index is 0.00000218. The Morgan fingerprint density at radius 3 is 2.41 bits per heavy atom. The van der Waals surface area contributed by atoms with E-state index in [1.807, 2.05) is 25.5 Å². The molecule has 0 bridgehead atoms. The summed E-state index contributed by atoms with van der Waals surface area (Å²) < 4.78 is 15.5. The number of aromatic nitrogens is 1. The number of benzene rings is 1. The van der Waals surface area contributed by atoms with Gasteiger partial charge in [-0.05, 0) is 24.3 Å². The first-order chi connectivity index (χ1) is 12.3. The van der Waals surface area contributed by atoms with E-state index in [-0.39, 0.29) is 38.8 Å². The fourth-order valence-electron chi connectivity index (χ4n) is 2.65. The van der Waals surface area contributed by atoms with Gasteiger partial charge in [0.15, 0.2) is 0 Å². The Kier molecular flexibility index (Phi) is 11.0. The van der Waals surface area contributed by atoms with Crippen molar-refractivity contribution in [3.63, 3.8) is 0 Å². The van der Waals surface area contributed by atoms with Crippen LogP contribution in [0.2, 0.25) is 0 Å². The van der Waals surface area contributed by atoms with E-state index < -0.39 is 0 Å². The quantitative estimate of drug-likeness (QED) is 0.268. The van der Waals surface area contributed by atoms with Crippen LogP contribution in [0.5, 0.6) is 0 Å². The zero-order valence-electron chi connectivity index (χ0n) is 16.9. The number of hydrogen-bond donors (Lipinski definition) is 0. The van der Waals surface area contributed by atoms with Gasteiger partial charge in [-0.2, -0.15) is 18.7 Å². The van der Waals surface area contributed by atoms with Gasteiger partial charge in [-0.25, -0.2) is 10.1 Å². The van der Waals surface area contributed by atoms with Gasteiger partial charge in [0.25, 0.3) is 0 Å². The van der Waals surface area contributed by atoms with Crippen LogP contribution >= 0.6 is 0 Å².